The van der Waals surface area contributed by atoms with Crippen LogP contribution >= 0.6 is 0 Å². The Balaban J connectivity index is 2.06. The Kier molecular flexibility index (Phi) is 7.67. The van der Waals surface area contributed by atoms with Crippen LogP contribution in [0.4, 0.5) is 26.7 Å². The lowest BCUT2D eigenvalue weighted by molar-refractivity contribution is 0.146. The van der Waals surface area contributed by atoms with Gasteiger partial charge in [0, 0.05) is 31.0 Å². The first-order valence-electron chi connectivity index (χ1n) is 9.07. The molecule has 0 aliphatic rings. The van der Waals surface area contributed by atoms with Gasteiger partial charge in [-0.15, -0.1) is 0 Å². The van der Waals surface area contributed by atoms with Crippen LogP contribution in [0.5, 0.6) is 5.75 Å². The summed E-state index contributed by atoms with van der Waals surface area (Å²) in [4.78, 5) is 25.8. The Bertz CT molecular complexity index is 859. The highest BCUT2D eigenvalue weighted by Crippen LogP contribution is 2.26. The monoisotopic (exact) mass is 401 g/mol. The number of alkyl carbamates (subject to hydrolysis) is 1. The van der Waals surface area contributed by atoms with Gasteiger partial charge in [-0.2, -0.15) is 0 Å². The molecule has 1 atom stereocenters. The van der Waals surface area contributed by atoms with Gasteiger partial charge < -0.3 is 31.6 Å². The summed E-state index contributed by atoms with van der Waals surface area (Å²) >= 11 is 0. The molecule has 3 amide bonds. The van der Waals surface area contributed by atoms with Gasteiger partial charge in [0.1, 0.15) is 12.4 Å². The molecular weight excluding hydrogens is 374 g/mol. The molecule has 9 heteroatoms. The number of hydrogen-bond donors (Lipinski definition) is 4. The molecule has 0 bridgehead atoms. The van der Waals surface area contributed by atoms with E-state index in [0.29, 0.717) is 22.8 Å². The number of methoxy groups -OCH3 is 1. The van der Waals surface area contributed by atoms with Gasteiger partial charge in [-0.1, -0.05) is 12.1 Å². The number of carbonyl (C=O) groups excluding carboxylic acids is 2. The maximum absolute atomic E-state index is 12.6. The van der Waals surface area contributed by atoms with Gasteiger partial charge in [0.15, 0.2) is 0 Å². The fraction of sp³-hybridized carbons (Fsp3) is 0.300. The first-order valence-corrected chi connectivity index (χ1v) is 9.07. The molecule has 156 valence electrons. The van der Waals surface area contributed by atoms with Gasteiger partial charge in [-0.25, -0.2) is 9.59 Å². The number of benzene rings is 2. The Hall–Kier alpha value is -3.46. The van der Waals surface area contributed by atoms with E-state index in [1.807, 2.05) is 25.1 Å². The highest BCUT2D eigenvalue weighted by atomic mass is 16.5. The highest BCUT2D eigenvalue weighted by Gasteiger charge is 2.15. The van der Waals surface area contributed by atoms with Crippen molar-refractivity contribution >= 4 is 29.2 Å². The smallest absolute Gasteiger partial charge is 0.407 e. The molecule has 0 aliphatic heterocycles. The normalized spacial score (nSPS) is 11.3. The second-order valence-electron chi connectivity index (χ2n) is 6.33. The second kappa shape index (κ2) is 10.2. The molecule has 2 rings (SSSR count). The van der Waals surface area contributed by atoms with Crippen molar-refractivity contribution in [2.45, 2.75) is 13.0 Å². The molecule has 0 saturated carbocycles. The van der Waals surface area contributed by atoms with E-state index in [9.17, 15) is 9.59 Å². The minimum Gasteiger partial charge on any atom is -0.495 e. The van der Waals surface area contributed by atoms with Crippen LogP contribution in [-0.2, 0) is 4.74 Å². The second-order valence-corrected chi connectivity index (χ2v) is 6.33. The molecule has 6 N–H and O–H groups in total. The van der Waals surface area contributed by atoms with Gasteiger partial charge in [0.25, 0.3) is 0 Å². The molecule has 0 fully saturated rings. The molecular formula is C20H27N5O4. The van der Waals surface area contributed by atoms with Gasteiger partial charge in [-0.3, -0.25) is 4.90 Å². The maximum atomic E-state index is 12.6. The topological polar surface area (TPSA) is 132 Å². The Labute approximate surface area is 169 Å². The minimum atomic E-state index is -0.545. The SMILES string of the molecule is COc1cc(NC(=O)N(C)c2cccc([C@H](C)NC(=O)OCCN)c2)ccc1N. The third kappa shape index (κ3) is 6.01. The molecule has 0 aromatic heterocycles. The maximum Gasteiger partial charge on any atom is 0.407 e. The van der Waals surface area contributed by atoms with Crippen LogP contribution < -0.4 is 31.7 Å². The summed E-state index contributed by atoms with van der Waals surface area (Å²) in [6.45, 7) is 2.23. The standard InChI is InChI=1S/C20H27N5O4/c1-13(23-20(27)29-10-9-21)14-5-4-6-16(11-14)25(2)19(26)24-15-7-8-17(22)18(12-15)28-3/h4-8,11-13H,9-10,21-22H2,1-3H3,(H,23,27)(H,24,26)/t13-/m0/s1. The summed E-state index contributed by atoms with van der Waals surface area (Å²) in [6.07, 6.45) is -0.545. The van der Waals surface area contributed by atoms with Crippen molar-refractivity contribution in [1.82, 2.24) is 5.32 Å². The van der Waals surface area contributed by atoms with E-state index in [2.05, 4.69) is 10.6 Å². The van der Waals surface area contributed by atoms with E-state index in [-0.39, 0.29) is 25.2 Å². The zero-order chi connectivity index (χ0) is 21.4. The molecule has 0 saturated heterocycles. The van der Waals surface area contributed by atoms with Crippen LogP contribution in [-0.4, -0.2) is 39.4 Å². The van der Waals surface area contributed by atoms with E-state index in [1.54, 1.807) is 31.3 Å². The first kappa shape index (κ1) is 21.8. The summed E-state index contributed by atoms with van der Waals surface area (Å²) in [6, 6.07) is 11.6. The predicted octanol–water partition coefficient (Wildman–Crippen LogP) is 2.69. The lowest BCUT2D eigenvalue weighted by Gasteiger charge is -2.21. The lowest BCUT2D eigenvalue weighted by Crippen LogP contribution is -2.32. The average Bonchev–Trinajstić information content (AvgIpc) is 2.73. The Morgan fingerprint density at radius 1 is 1.21 bits per heavy atom. The van der Waals surface area contributed by atoms with E-state index in [0.717, 1.165) is 5.56 Å². The minimum absolute atomic E-state index is 0.150. The van der Waals surface area contributed by atoms with Crippen molar-refractivity contribution in [3.8, 4) is 5.75 Å². The zero-order valence-corrected chi connectivity index (χ0v) is 16.8. The molecule has 0 spiro atoms. The quantitative estimate of drug-likeness (QED) is 0.528. The summed E-state index contributed by atoms with van der Waals surface area (Å²) in [5.74, 6) is 0.480. The van der Waals surface area contributed by atoms with Crippen LogP contribution in [0.2, 0.25) is 0 Å². The molecule has 0 aliphatic carbocycles. The molecule has 0 unspecified atom stereocenters. The molecule has 2 aromatic carbocycles. The number of nitrogen functional groups attached to an aromatic ring is 1. The zero-order valence-electron chi connectivity index (χ0n) is 16.8. The molecule has 9 nitrogen and oxygen atoms in total. The predicted molar refractivity (Wildman–Crippen MR) is 113 cm³/mol. The fourth-order valence-electron chi connectivity index (χ4n) is 2.57. The van der Waals surface area contributed by atoms with Crippen LogP contribution in [0.1, 0.15) is 18.5 Å². The van der Waals surface area contributed by atoms with Crippen molar-refractivity contribution in [3.05, 3.63) is 48.0 Å². The van der Waals surface area contributed by atoms with Crippen molar-refractivity contribution < 1.29 is 19.1 Å². The van der Waals surface area contributed by atoms with Crippen LogP contribution in [0.3, 0.4) is 0 Å². The number of carbonyl (C=O) groups is 2. The van der Waals surface area contributed by atoms with E-state index in [4.69, 9.17) is 20.9 Å². The molecule has 0 heterocycles. The number of nitrogens with two attached hydrogens (primary N) is 2. The summed E-state index contributed by atoms with van der Waals surface area (Å²) in [5, 5.41) is 5.52. The molecule has 29 heavy (non-hydrogen) atoms. The largest absolute Gasteiger partial charge is 0.495 e. The van der Waals surface area contributed by atoms with E-state index in [1.165, 1.54) is 12.0 Å². The van der Waals surface area contributed by atoms with E-state index >= 15 is 0 Å². The Morgan fingerprint density at radius 3 is 2.66 bits per heavy atom. The molecule has 2 aromatic rings. The number of rotatable bonds is 7. The van der Waals surface area contributed by atoms with Gasteiger partial charge in [-0.05, 0) is 36.8 Å². The van der Waals surface area contributed by atoms with Crippen molar-refractivity contribution in [2.75, 3.05) is 43.3 Å². The third-order valence-corrected chi connectivity index (χ3v) is 4.23. The van der Waals surface area contributed by atoms with Crippen LogP contribution in [0.15, 0.2) is 42.5 Å². The van der Waals surface area contributed by atoms with Gasteiger partial charge in [0.05, 0.1) is 18.8 Å². The lowest BCUT2D eigenvalue weighted by atomic mass is 10.1. The fourth-order valence-corrected chi connectivity index (χ4v) is 2.57. The number of nitrogens with zero attached hydrogens (tertiary/aromatic N) is 1. The number of ether oxygens (including phenoxy) is 2. The van der Waals surface area contributed by atoms with Crippen molar-refractivity contribution in [1.29, 1.82) is 0 Å². The average molecular weight is 401 g/mol. The number of urea groups is 1. The van der Waals surface area contributed by atoms with Gasteiger partial charge in [0.2, 0.25) is 0 Å². The summed E-state index contributed by atoms with van der Waals surface area (Å²) < 4.78 is 10.1. The van der Waals surface area contributed by atoms with Crippen LogP contribution in [0.25, 0.3) is 0 Å². The number of anilines is 3. The van der Waals surface area contributed by atoms with Crippen molar-refractivity contribution in [3.63, 3.8) is 0 Å². The first-order chi connectivity index (χ1) is 13.8. The third-order valence-electron chi connectivity index (χ3n) is 4.23. The summed E-state index contributed by atoms with van der Waals surface area (Å²) in [7, 11) is 3.16. The van der Waals surface area contributed by atoms with Crippen LogP contribution in [0, 0.1) is 0 Å². The van der Waals surface area contributed by atoms with Crippen molar-refractivity contribution in [2.24, 2.45) is 5.73 Å². The number of amides is 3. The summed E-state index contributed by atoms with van der Waals surface area (Å²) in [5.41, 5.74) is 13.6. The Morgan fingerprint density at radius 2 is 1.97 bits per heavy atom. The van der Waals surface area contributed by atoms with Gasteiger partial charge >= 0.3 is 12.1 Å². The molecule has 0 radical (unpaired) electrons. The number of nitrogens with one attached hydrogen (secondary N) is 2. The van der Waals surface area contributed by atoms with E-state index < -0.39 is 6.09 Å². The number of hydrogen-bond acceptors (Lipinski definition) is 6. The highest BCUT2D eigenvalue weighted by molar-refractivity contribution is 6.01.